The lowest BCUT2D eigenvalue weighted by Gasteiger charge is -2.10. The number of halogens is 1. The van der Waals surface area contributed by atoms with E-state index in [4.69, 9.17) is 9.84 Å². The van der Waals surface area contributed by atoms with Gasteiger partial charge in [0.05, 0.1) is 4.92 Å². The molecule has 0 aliphatic rings. The third-order valence-electron chi connectivity index (χ3n) is 2.71. The van der Waals surface area contributed by atoms with Crippen LogP contribution in [0.2, 0.25) is 0 Å². The molecule has 0 atom stereocenters. The van der Waals surface area contributed by atoms with Crippen LogP contribution in [0.25, 0.3) is 0 Å². The van der Waals surface area contributed by atoms with E-state index in [0.717, 1.165) is 18.2 Å². The quantitative estimate of drug-likeness (QED) is 0.687. The maximum Gasteiger partial charge on any atom is 0.339 e. The molecule has 21 heavy (non-hydrogen) atoms. The van der Waals surface area contributed by atoms with E-state index in [9.17, 15) is 19.3 Å². The Hall–Kier alpha value is -2.96. The van der Waals surface area contributed by atoms with Crippen molar-refractivity contribution in [2.24, 2.45) is 0 Å². The zero-order valence-corrected chi connectivity index (χ0v) is 10.9. The first-order valence-corrected chi connectivity index (χ1v) is 5.84. The number of benzene rings is 2. The maximum absolute atomic E-state index is 13.2. The fraction of sp³-hybridized carbons (Fsp3) is 0.0714. The van der Waals surface area contributed by atoms with E-state index in [-0.39, 0.29) is 17.1 Å². The van der Waals surface area contributed by atoms with E-state index in [2.05, 4.69) is 0 Å². The summed E-state index contributed by atoms with van der Waals surface area (Å²) in [4.78, 5) is 21.3. The van der Waals surface area contributed by atoms with Crippen LogP contribution < -0.4 is 4.74 Å². The highest BCUT2D eigenvalue weighted by Crippen LogP contribution is 2.34. The van der Waals surface area contributed by atoms with Gasteiger partial charge >= 0.3 is 11.7 Å². The number of nitrogens with zero attached hydrogens (tertiary/aromatic N) is 1. The van der Waals surface area contributed by atoms with Crippen LogP contribution in [0, 0.1) is 22.9 Å². The van der Waals surface area contributed by atoms with Crippen molar-refractivity contribution in [3.05, 3.63) is 63.5 Å². The molecule has 0 aliphatic carbocycles. The number of nitro benzene ring substituents is 1. The van der Waals surface area contributed by atoms with Crippen molar-refractivity contribution >= 4 is 11.7 Å². The Morgan fingerprint density at radius 3 is 2.57 bits per heavy atom. The molecule has 0 saturated carbocycles. The molecule has 0 heterocycles. The molecule has 7 heteroatoms. The van der Waals surface area contributed by atoms with Gasteiger partial charge in [0.15, 0.2) is 0 Å². The Balaban J connectivity index is 2.52. The lowest BCUT2D eigenvalue weighted by molar-refractivity contribution is -0.385. The fourth-order valence-electron chi connectivity index (χ4n) is 1.73. The number of aryl methyl sites for hydroxylation is 1. The summed E-state index contributed by atoms with van der Waals surface area (Å²) in [5.41, 5.74) is 0.0856. The van der Waals surface area contributed by atoms with Crippen molar-refractivity contribution in [2.75, 3.05) is 0 Å². The van der Waals surface area contributed by atoms with Crippen LogP contribution in [0.4, 0.5) is 10.1 Å². The molecule has 0 aromatic heterocycles. The first-order valence-electron chi connectivity index (χ1n) is 5.84. The number of carboxylic acids is 1. The molecular weight excluding hydrogens is 281 g/mol. The first-order chi connectivity index (χ1) is 9.88. The van der Waals surface area contributed by atoms with Crippen molar-refractivity contribution in [1.29, 1.82) is 0 Å². The number of carbonyl (C=O) groups is 1. The van der Waals surface area contributed by atoms with Crippen LogP contribution in [-0.2, 0) is 0 Å². The van der Waals surface area contributed by atoms with Crippen LogP contribution in [0.15, 0.2) is 36.4 Å². The van der Waals surface area contributed by atoms with Crippen LogP contribution in [-0.4, -0.2) is 16.0 Å². The number of carboxylic acid groups (broad SMARTS) is 1. The van der Waals surface area contributed by atoms with Gasteiger partial charge in [-0.2, -0.15) is 0 Å². The standard InChI is InChI=1S/C14H10FNO5/c1-8-2-4-10(14(17)18)12(6-8)21-13-7-9(15)3-5-11(13)16(19)20/h2-7H,1H3,(H,17,18). The third-order valence-corrected chi connectivity index (χ3v) is 2.71. The predicted octanol–water partition coefficient (Wildman–Crippen LogP) is 3.53. The van der Waals surface area contributed by atoms with Gasteiger partial charge in [0.25, 0.3) is 0 Å². The second-order valence-electron chi connectivity index (χ2n) is 4.28. The second kappa shape index (κ2) is 5.58. The SMILES string of the molecule is Cc1ccc(C(=O)O)c(Oc2cc(F)ccc2[N+](=O)[O-])c1. The molecule has 0 aliphatic heterocycles. The van der Waals surface area contributed by atoms with E-state index >= 15 is 0 Å². The van der Waals surface area contributed by atoms with Gasteiger partial charge in [-0.3, -0.25) is 10.1 Å². The Labute approximate surface area is 118 Å². The van der Waals surface area contributed by atoms with E-state index in [1.165, 1.54) is 12.1 Å². The van der Waals surface area contributed by atoms with E-state index in [1.807, 2.05) is 0 Å². The van der Waals surface area contributed by atoms with Crippen molar-refractivity contribution in [1.82, 2.24) is 0 Å². The second-order valence-corrected chi connectivity index (χ2v) is 4.28. The van der Waals surface area contributed by atoms with Gasteiger partial charge in [-0.25, -0.2) is 9.18 Å². The Morgan fingerprint density at radius 2 is 1.95 bits per heavy atom. The molecule has 2 rings (SSSR count). The highest BCUT2D eigenvalue weighted by molar-refractivity contribution is 5.91. The Morgan fingerprint density at radius 1 is 1.24 bits per heavy atom. The van der Waals surface area contributed by atoms with Gasteiger partial charge in [0.1, 0.15) is 17.1 Å². The topological polar surface area (TPSA) is 89.7 Å². The number of ether oxygens (including phenoxy) is 1. The number of aromatic carboxylic acids is 1. The van der Waals surface area contributed by atoms with Crippen LogP contribution in [0.5, 0.6) is 11.5 Å². The lowest BCUT2D eigenvalue weighted by atomic mass is 10.1. The average Bonchev–Trinajstić information content (AvgIpc) is 2.38. The fourth-order valence-corrected chi connectivity index (χ4v) is 1.73. The minimum atomic E-state index is -1.25. The molecule has 108 valence electrons. The van der Waals surface area contributed by atoms with Gasteiger partial charge in [0, 0.05) is 12.1 Å². The molecule has 0 saturated heterocycles. The summed E-state index contributed by atoms with van der Waals surface area (Å²) in [5, 5.41) is 20.0. The zero-order valence-electron chi connectivity index (χ0n) is 10.9. The number of hydrogen-bond acceptors (Lipinski definition) is 4. The summed E-state index contributed by atoms with van der Waals surface area (Å²) in [6, 6.07) is 7.03. The van der Waals surface area contributed by atoms with Gasteiger partial charge < -0.3 is 9.84 Å². The molecule has 1 N–H and O–H groups in total. The molecule has 0 amide bonds. The minimum absolute atomic E-state index is 0.0869. The maximum atomic E-state index is 13.2. The molecule has 0 spiro atoms. The largest absolute Gasteiger partial charge is 0.478 e. The highest BCUT2D eigenvalue weighted by Gasteiger charge is 2.19. The molecular formula is C14H10FNO5. The summed E-state index contributed by atoms with van der Waals surface area (Å²) >= 11 is 0. The minimum Gasteiger partial charge on any atom is -0.478 e. The zero-order chi connectivity index (χ0) is 15.6. The Bertz CT molecular complexity index is 668. The van der Waals surface area contributed by atoms with Crippen molar-refractivity contribution in [2.45, 2.75) is 6.92 Å². The van der Waals surface area contributed by atoms with Gasteiger partial charge in [-0.1, -0.05) is 6.07 Å². The van der Waals surface area contributed by atoms with E-state index in [0.29, 0.717) is 5.56 Å². The molecule has 0 fully saturated rings. The predicted molar refractivity (Wildman–Crippen MR) is 71.3 cm³/mol. The van der Waals surface area contributed by atoms with E-state index < -0.39 is 22.4 Å². The monoisotopic (exact) mass is 291 g/mol. The van der Waals surface area contributed by atoms with Crippen LogP contribution >= 0.6 is 0 Å². The molecule has 6 nitrogen and oxygen atoms in total. The average molecular weight is 291 g/mol. The summed E-state index contributed by atoms with van der Waals surface area (Å²) in [6.07, 6.45) is 0. The third kappa shape index (κ3) is 3.14. The van der Waals surface area contributed by atoms with Crippen LogP contribution in [0.1, 0.15) is 15.9 Å². The number of hydrogen-bond donors (Lipinski definition) is 1. The first kappa shape index (κ1) is 14.4. The summed E-state index contributed by atoms with van der Waals surface area (Å²) in [6.45, 7) is 1.71. The molecule has 0 unspecified atom stereocenters. The van der Waals surface area contributed by atoms with Crippen molar-refractivity contribution in [3.8, 4) is 11.5 Å². The highest BCUT2D eigenvalue weighted by atomic mass is 19.1. The molecule has 0 bridgehead atoms. The van der Waals surface area contributed by atoms with Gasteiger partial charge in [0.2, 0.25) is 5.75 Å². The van der Waals surface area contributed by atoms with Crippen molar-refractivity contribution < 1.29 is 24.0 Å². The smallest absolute Gasteiger partial charge is 0.339 e. The van der Waals surface area contributed by atoms with Crippen LogP contribution in [0.3, 0.4) is 0 Å². The molecule has 2 aromatic rings. The number of nitro groups is 1. The van der Waals surface area contributed by atoms with E-state index in [1.54, 1.807) is 13.0 Å². The number of rotatable bonds is 4. The van der Waals surface area contributed by atoms with Crippen molar-refractivity contribution in [3.63, 3.8) is 0 Å². The summed E-state index contributed by atoms with van der Waals surface area (Å²) < 4.78 is 18.5. The molecule has 0 radical (unpaired) electrons. The Kier molecular flexibility index (Phi) is 3.84. The lowest BCUT2D eigenvalue weighted by Crippen LogP contribution is -2.01. The van der Waals surface area contributed by atoms with Gasteiger partial charge in [-0.15, -0.1) is 0 Å². The normalized spacial score (nSPS) is 10.2. The molecule has 2 aromatic carbocycles. The summed E-state index contributed by atoms with van der Waals surface area (Å²) in [7, 11) is 0. The van der Waals surface area contributed by atoms with Gasteiger partial charge in [-0.05, 0) is 30.7 Å². The summed E-state index contributed by atoms with van der Waals surface area (Å²) in [5.74, 6) is -2.41.